The second-order valence-corrected chi connectivity index (χ2v) is 5.92. The molecule has 1 N–H and O–H groups in total. The van der Waals surface area contributed by atoms with E-state index in [1.807, 2.05) is 24.0 Å². The van der Waals surface area contributed by atoms with E-state index in [2.05, 4.69) is 17.4 Å². The smallest absolute Gasteiger partial charge is 0.255 e. The van der Waals surface area contributed by atoms with Gasteiger partial charge in [0.05, 0.1) is 18.4 Å². The number of carbonyl (C=O) groups is 2. The number of rotatable bonds is 3. The lowest BCUT2D eigenvalue weighted by molar-refractivity contribution is -0.133. The summed E-state index contributed by atoms with van der Waals surface area (Å²) in [7, 11) is 0. The first kappa shape index (κ1) is 15.3. The maximum atomic E-state index is 12.5. The number of fused-ring (bicyclic) bond motifs is 1. The largest absolute Gasteiger partial charge is 0.469 e. The molecule has 2 aromatic rings. The van der Waals surface area contributed by atoms with Gasteiger partial charge in [0.1, 0.15) is 5.76 Å². The van der Waals surface area contributed by atoms with Crippen molar-refractivity contribution >= 4 is 11.8 Å². The summed E-state index contributed by atoms with van der Waals surface area (Å²) in [5.41, 5.74) is 2.94. The summed E-state index contributed by atoms with van der Waals surface area (Å²) < 4.78 is 5.11. The van der Waals surface area contributed by atoms with Gasteiger partial charge in [0.25, 0.3) is 5.91 Å². The Balaban J connectivity index is 1.63. The van der Waals surface area contributed by atoms with Crippen LogP contribution in [0.25, 0.3) is 0 Å². The number of hydrogen-bond donors (Lipinski definition) is 1. The summed E-state index contributed by atoms with van der Waals surface area (Å²) in [6.07, 6.45) is 2.31. The number of benzene rings is 1. The molecule has 1 aliphatic rings. The van der Waals surface area contributed by atoms with Crippen LogP contribution in [0.4, 0.5) is 0 Å². The highest BCUT2D eigenvalue weighted by Gasteiger charge is 2.26. The predicted molar refractivity (Wildman–Crippen MR) is 85.9 cm³/mol. The van der Waals surface area contributed by atoms with Crippen molar-refractivity contribution in [2.45, 2.75) is 32.9 Å². The Morgan fingerprint density at radius 3 is 2.70 bits per heavy atom. The van der Waals surface area contributed by atoms with Crippen molar-refractivity contribution in [1.29, 1.82) is 0 Å². The zero-order valence-electron chi connectivity index (χ0n) is 13.3. The lowest BCUT2D eigenvalue weighted by Crippen LogP contribution is -2.47. The van der Waals surface area contributed by atoms with E-state index < -0.39 is 0 Å². The van der Waals surface area contributed by atoms with E-state index >= 15 is 0 Å². The summed E-state index contributed by atoms with van der Waals surface area (Å²) in [6, 6.07) is 9.91. The third kappa shape index (κ3) is 3.13. The van der Waals surface area contributed by atoms with Gasteiger partial charge < -0.3 is 14.6 Å². The van der Waals surface area contributed by atoms with Gasteiger partial charge in [0, 0.05) is 12.6 Å². The Kier molecular flexibility index (Phi) is 4.19. The van der Waals surface area contributed by atoms with Gasteiger partial charge >= 0.3 is 0 Å². The van der Waals surface area contributed by atoms with Crippen LogP contribution in [0.2, 0.25) is 0 Å². The molecule has 2 heterocycles. The average molecular weight is 312 g/mol. The summed E-state index contributed by atoms with van der Waals surface area (Å²) >= 11 is 0. The minimum atomic E-state index is -0.283. The lowest BCUT2D eigenvalue weighted by atomic mass is 9.95. The Labute approximate surface area is 135 Å². The zero-order chi connectivity index (χ0) is 16.4. The second kappa shape index (κ2) is 6.28. The molecule has 0 saturated carbocycles. The van der Waals surface area contributed by atoms with E-state index in [0.29, 0.717) is 17.9 Å². The molecule has 1 aromatic heterocycles. The summed E-state index contributed by atoms with van der Waals surface area (Å²) in [4.78, 5) is 26.3. The number of amides is 2. The normalized spacial score (nSPS) is 16.8. The summed E-state index contributed by atoms with van der Waals surface area (Å²) in [5, 5.41) is 2.68. The van der Waals surface area contributed by atoms with Crippen molar-refractivity contribution < 1.29 is 14.0 Å². The standard InChI is InChI=1S/C18H20N2O3/c1-12-9-14-5-3-4-6-15(14)11-20(12)17(21)10-19-18(22)16-7-8-23-13(16)2/h3-8,12H,9-11H2,1-2H3,(H,19,22)/t12-/m1/s1. The Hall–Kier alpha value is -2.56. The molecular weight excluding hydrogens is 292 g/mol. The van der Waals surface area contributed by atoms with Crippen molar-refractivity contribution in [3.8, 4) is 0 Å². The van der Waals surface area contributed by atoms with E-state index in [1.54, 1.807) is 13.0 Å². The quantitative estimate of drug-likeness (QED) is 0.946. The highest BCUT2D eigenvalue weighted by molar-refractivity contribution is 5.97. The van der Waals surface area contributed by atoms with E-state index in [9.17, 15) is 9.59 Å². The molecule has 0 spiro atoms. The van der Waals surface area contributed by atoms with Crippen molar-refractivity contribution in [3.05, 3.63) is 59.0 Å². The van der Waals surface area contributed by atoms with Crippen LogP contribution in [0.15, 0.2) is 41.0 Å². The third-order valence-electron chi connectivity index (χ3n) is 4.33. The van der Waals surface area contributed by atoms with Gasteiger partial charge in [0.2, 0.25) is 5.91 Å². The van der Waals surface area contributed by atoms with Gasteiger partial charge in [0.15, 0.2) is 0 Å². The number of aryl methyl sites for hydroxylation is 1. The third-order valence-corrected chi connectivity index (χ3v) is 4.33. The number of nitrogens with one attached hydrogen (secondary N) is 1. The molecule has 2 amide bonds. The van der Waals surface area contributed by atoms with Crippen LogP contribution in [0.1, 0.15) is 34.2 Å². The first-order valence-corrected chi connectivity index (χ1v) is 7.75. The maximum absolute atomic E-state index is 12.5. The molecule has 0 bridgehead atoms. The van der Waals surface area contributed by atoms with Gasteiger partial charge in [-0.1, -0.05) is 24.3 Å². The molecule has 0 radical (unpaired) electrons. The molecule has 0 unspecified atom stereocenters. The van der Waals surface area contributed by atoms with E-state index in [0.717, 1.165) is 6.42 Å². The van der Waals surface area contributed by atoms with Crippen LogP contribution < -0.4 is 5.32 Å². The SMILES string of the molecule is Cc1occc1C(=O)NCC(=O)N1Cc2ccccc2C[C@H]1C. The van der Waals surface area contributed by atoms with Crippen LogP contribution in [-0.4, -0.2) is 29.3 Å². The van der Waals surface area contributed by atoms with E-state index in [1.165, 1.54) is 17.4 Å². The molecule has 0 saturated heterocycles. The molecule has 1 aliphatic heterocycles. The highest BCUT2D eigenvalue weighted by Crippen LogP contribution is 2.22. The molecule has 5 nitrogen and oxygen atoms in total. The van der Waals surface area contributed by atoms with Gasteiger partial charge in [-0.15, -0.1) is 0 Å². The molecule has 5 heteroatoms. The Morgan fingerprint density at radius 1 is 1.26 bits per heavy atom. The van der Waals surface area contributed by atoms with E-state index in [4.69, 9.17) is 4.42 Å². The fourth-order valence-corrected chi connectivity index (χ4v) is 2.99. The molecule has 1 aromatic carbocycles. The van der Waals surface area contributed by atoms with Gasteiger partial charge in [-0.2, -0.15) is 0 Å². The number of hydrogen-bond acceptors (Lipinski definition) is 3. The van der Waals surface area contributed by atoms with Crippen molar-refractivity contribution in [2.75, 3.05) is 6.54 Å². The summed E-state index contributed by atoms with van der Waals surface area (Å²) in [6.45, 7) is 4.35. The first-order chi connectivity index (χ1) is 11.1. The monoisotopic (exact) mass is 312 g/mol. The number of nitrogens with zero attached hydrogens (tertiary/aromatic N) is 1. The Bertz CT molecular complexity index is 735. The van der Waals surface area contributed by atoms with Crippen LogP contribution in [0.3, 0.4) is 0 Å². The fourth-order valence-electron chi connectivity index (χ4n) is 2.99. The Morgan fingerprint density at radius 2 is 2.00 bits per heavy atom. The van der Waals surface area contributed by atoms with Crippen LogP contribution in [0.5, 0.6) is 0 Å². The topological polar surface area (TPSA) is 62.6 Å². The van der Waals surface area contributed by atoms with Crippen LogP contribution >= 0.6 is 0 Å². The maximum Gasteiger partial charge on any atom is 0.255 e. The first-order valence-electron chi connectivity index (χ1n) is 7.75. The second-order valence-electron chi connectivity index (χ2n) is 5.92. The predicted octanol–water partition coefficient (Wildman–Crippen LogP) is 2.29. The highest BCUT2D eigenvalue weighted by atomic mass is 16.3. The van der Waals surface area contributed by atoms with Crippen LogP contribution in [-0.2, 0) is 17.8 Å². The molecule has 1 atom stereocenters. The average Bonchev–Trinajstić information content (AvgIpc) is 2.97. The number of carbonyl (C=O) groups excluding carboxylic acids is 2. The van der Waals surface area contributed by atoms with E-state index in [-0.39, 0.29) is 24.4 Å². The van der Waals surface area contributed by atoms with Gasteiger partial charge in [-0.3, -0.25) is 9.59 Å². The molecule has 3 rings (SSSR count). The molecule has 0 aliphatic carbocycles. The molecule has 0 fully saturated rings. The molecule has 120 valence electrons. The van der Waals surface area contributed by atoms with Gasteiger partial charge in [-0.25, -0.2) is 0 Å². The summed E-state index contributed by atoms with van der Waals surface area (Å²) in [5.74, 6) is 0.200. The molecule has 23 heavy (non-hydrogen) atoms. The van der Waals surface area contributed by atoms with Crippen molar-refractivity contribution in [1.82, 2.24) is 10.2 Å². The molecular formula is C18H20N2O3. The lowest BCUT2D eigenvalue weighted by Gasteiger charge is -2.35. The van der Waals surface area contributed by atoms with Crippen molar-refractivity contribution in [3.63, 3.8) is 0 Å². The minimum Gasteiger partial charge on any atom is -0.469 e. The number of furan rings is 1. The minimum absolute atomic E-state index is 0.00401. The fraction of sp³-hybridized carbons (Fsp3) is 0.333. The van der Waals surface area contributed by atoms with Gasteiger partial charge in [-0.05, 0) is 37.5 Å². The van der Waals surface area contributed by atoms with Crippen LogP contribution in [0, 0.1) is 6.92 Å². The zero-order valence-corrected chi connectivity index (χ0v) is 13.3. The van der Waals surface area contributed by atoms with Crippen molar-refractivity contribution in [2.24, 2.45) is 0 Å².